The van der Waals surface area contributed by atoms with Crippen molar-refractivity contribution in [1.82, 2.24) is 0 Å². The van der Waals surface area contributed by atoms with Crippen LogP contribution in [0.25, 0.3) is 0 Å². The zero-order valence-corrected chi connectivity index (χ0v) is 14.7. The summed E-state index contributed by atoms with van der Waals surface area (Å²) in [5, 5.41) is 20.1. The van der Waals surface area contributed by atoms with Gasteiger partial charge in [-0.15, -0.1) is 0 Å². The molecule has 1 atom stereocenters. The molecule has 0 aliphatic carbocycles. The van der Waals surface area contributed by atoms with Gasteiger partial charge in [0, 0.05) is 16.3 Å². The number of phenolic OH excluding ortho intramolecular Hbond substituents is 2. The third-order valence-corrected chi connectivity index (χ3v) is 4.33. The molecule has 0 bridgehead atoms. The Morgan fingerprint density at radius 2 is 2.00 bits per heavy atom. The molecule has 0 saturated heterocycles. The molecule has 2 aromatic rings. The van der Waals surface area contributed by atoms with E-state index in [1.807, 2.05) is 12.1 Å². The third kappa shape index (κ3) is 3.81. The average molecular weight is 383 g/mol. The van der Waals surface area contributed by atoms with Gasteiger partial charge in [-0.1, -0.05) is 47.4 Å². The number of nitrogens with zero attached hydrogens (tertiary/aromatic N) is 1. The van der Waals surface area contributed by atoms with Crippen LogP contribution in [-0.2, 0) is 0 Å². The van der Waals surface area contributed by atoms with Crippen molar-refractivity contribution in [2.45, 2.75) is 26.2 Å². The largest absolute Gasteiger partial charge is 0.506 e. The Kier molecular flexibility index (Phi) is 5.48. The van der Waals surface area contributed by atoms with Gasteiger partial charge in [-0.2, -0.15) is 0 Å². The minimum Gasteiger partial charge on any atom is -0.506 e. The fraction of sp³-hybridized carbons (Fsp3) is 0.235. The highest BCUT2D eigenvalue weighted by Crippen LogP contribution is 2.33. The van der Waals surface area contributed by atoms with Gasteiger partial charge in [-0.25, -0.2) is 0 Å². The first-order valence-corrected chi connectivity index (χ1v) is 8.14. The molecule has 5 heteroatoms. The fourth-order valence-electron chi connectivity index (χ4n) is 2.01. The van der Waals surface area contributed by atoms with Crippen LogP contribution in [0.4, 0.5) is 5.69 Å². The van der Waals surface area contributed by atoms with E-state index in [1.54, 1.807) is 18.2 Å². The molecule has 0 saturated carbocycles. The highest BCUT2D eigenvalue weighted by atomic mass is 79.9. The van der Waals surface area contributed by atoms with Crippen LogP contribution in [0, 0.1) is 0 Å². The van der Waals surface area contributed by atoms with Crippen molar-refractivity contribution in [2.24, 2.45) is 4.99 Å². The lowest BCUT2D eigenvalue weighted by atomic mass is 9.98. The summed E-state index contributed by atoms with van der Waals surface area (Å²) in [6.45, 7) is 4.24. The maximum Gasteiger partial charge on any atom is 0.143 e. The van der Waals surface area contributed by atoms with Crippen LogP contribution in [0.2, 0.25) is 5.02 Å². The van der Waals surface area contributed by atoms with Crippen molar-refractivity contribution in [3.8, 4) is 11.5 Å². The molecule has 0 unspecified atom stereocenters. The maximum absolute atomic E-state index is 9.94. The molecular weight excluding hydrogens is 366 g/mol. The summed E-state index contributed by atoms with van der Waals surface area (Å²) in [4.78, 5) is 4.28. The van der Waals surface area contributed by atoms with E-state index >= 15 is 0 Å². The molecule has 0 aromatic heterocycles. The Morgan fingerprint density at radius 3 is 2.68 bits per heavy atom. The van der Waals surface area contributed by atoms with Crippen molar-refractivity contribution in [3.63, 3.8) is 0 Å². The first-order valence-electron chi connectivity index (χ1n) is 6.97. The highest BCUT2D eigenvalue weighted by molar-refractivity contribution is 9.10. The van der Waals surface area contributed by atoms with Crippen LogP contribution in [0.3, 0.4) is 0 Å². The topological polar surface area (TPSA) is 52.8 Å². The Bertz CT molecular complexity index is 716. The van der Waals surface area contributed by atoms with E-state index in [-0.39, 0.29) is 16.5 Å². The van der Waals surface area contributed by atoms with Crippen LogP contribution in [0.15, 0.2) is 39.8 Å². The van der Waals surface area contributed by atoms with Gasteiger partial charge in [0.05, 0.1) is 5.02 Å². The molecule has 2 N–H and O–H groups in total. The van der Waals surface area contributed by atoms with Crippen LogP contribution >= 0.6 is 27.5 Å². The molecule has 22 heavy (non-hydrogen) atoms. The van der Waals surface area contributed by atoms with Crippen LogP contribution in [0.1, 0.15) is 37.3 Å². The van der Waals surface area contributed by atoms with E-state index < -0.39 is 0 Å². The Labute approximate surface area is 143 Å². The quantitative estimate of drug-likeness (QED) is 0.659. The lowest BCUT2D eigenvalue weighted by Crippen LogP contribution is -1.90. The second kappa shape index (κ2) is 7.16. The molecular formula is C17H17BrClNO2. The van der Waals surface area contributed by atoms with Gasteiger partial charge in [-0.05, 0) is 42.2 Å². The number of rotatable bonds is 4. The zero-order valence-electron chi connectivity index (χ0n) is 12.3. The number of aromatic hydroxyl groups is 2. The second-order valence-electron chi connectivity index (χ2n) is 5.14. The second-order valence-corrected chi connectivity index (χ2v) is 6.46. The molecule has 0 spiro atoms. The smallest absolute Gasteiger partial charge is 0.143 e. The van der Waals surface area contributed by atoms with Crippen molar-refractivity contribution in [2.75, 3.05) is 0 Å². The number of hydrogen-bond acceptors (Lipinski definition) is 3. The summed E-state index contributed by atoms with van der Waals surface area (Å²) in [7, 11) is 0. The van der Waals surface area contributed by atoms with Gasteiger partial charge < -0.3 is 10.2 Å². The Hall–Kier alpha value is -1.52. The monoisotopic (exact) mass is 381 g/mol. The van der Waals surface area contributed by atoms with Gasteiger partial charge in [-0.3, -0.25) is 4.99 Å². The first-order chi connectivity index (χ1) is 10.4. The van der Waals surface area contributed by atoms with Gasteiger partial charge >= 0.3 is 0 Å². The predicted octanol–water partition coefficient (Wildman–Crippen LogP) is 5.78. The summed E-state index contributed by atoms with van der Waals surface area (Å²) in [6.07, 6.45) is 2.50. The van der Waals surface area contributed by atoms with Gasteiger partial charge in [0.15, 0.2) is 0 Å². The van der Waals surface area contributed by atoms with E-state index in [1.165, 1.54) is 6.21 Å². The van der Waals surface area contributed by atoms with Gasteiger partial charge in [0.2, 0.25) is 0 Å². The standard InChI is InChI=1S/C17H17BrClNO2/c1-3-10(2)11-4-5-16(21)15(7-11)20-9-12-6-13(18)8-14(19)17(12)22/h4-10,21-22H,3H2,1-2H3/t10-/m0/s1. The predicted molar refractivity (Wildman–Crippen MR) is 94.9 cm³/mol. The molecule has 0 radical (unpaired) electrons. The fourth-order valence-corrected chi connectivity index (χ4v) is 2.84. The van der Waals surface area contributed by atoms with Crippen molar-refractivity contribution >= 4 is 39.4 Å². The molecule has 2 rings (SSSR count). The van der Waals surface area contributed by atoms with E-state index in [4.69, 9.17) is 11.6 Å². The normalized spacial score (nSPS) is 12.7. The van der Waals surface area contributed by atoms with Crippen LogP contribution < -0.4 is 0 Å². The minimum atomic E-state index is -0.0359. The average Bonchev–Trinajstić information content (AvgIpc) is 2.50. The number of benzene rings is 2. The molecule has 0 fully saturated rings. The van der Waals surface area contributed by atoms with Gasteiger partial charge in [0.1, 0.15) is 17.2 Å². The summed E-state index contributed by atoms with van der Waals surface area (Å²) in [5.41, 5.74) is 2.06. The summed E-state index contributed by atoms with van der Waals surface area (Å²) < 4.78 is 0.745. The molecule has 116 valence electrons. The lowest BCUT2D eigenvalue weighted by molar-refractivity contribution is 0.474. The Morgan fingerprint density at radius 1 is 1.27 bits per heavy atom. The van der Waals surface area contributed by atoms with Crippen LogP contribution in [-0.4, -0.2) is 16.4 Å². The van der Waals surface area contributed by atoms with E-state index in [0.717, 1.165) is 16.5 Å². The minimum absolute atomic E-state index is 0.0359. The number of hydrogen-bond donors (Lipinski definition) is 2. The molecule has 2 aromatic carbocycles. The summed E-state index contributed by atoms with van der Waals surface area (Å²) in [5.74, 6) is 0.457. The molecule has 0 aliphatic heterocycles. The number of aliphatic imine (C=N–C) groups is 1. The van der Waals surface area contributed by atoms with E-state index in [0.29, 0.717) is 17.2 Å². The molecule has 0 aliphatic rings. The molecule has 0 amide bonds. The maximum atomic E-state index is 9.94. The van der Waals surface area contributed by atoms with E-state index in [2.05, 4.69) is 34.8 Å². The summed E-state index contributed by atoms with van der Waals surface area (Å²) >= 11 is 9.25. The van der Waals surface area contributed by atoms with Crippen molar-refractivity contribution < 1.29 is 10.2 Å². The lowest BCUT2D eigenvalue weighted by Gasteiger charge is -2.10. The molecule has 0 heterocycles. The molecule has 3 nitrogen and oxygen atoms in total. The van der Waals surface area contributed by atoms with Crippen molar-refractivity contribution in [1.29, 1.82) is 0 Å². The van der Waals surface area contributed by atoms with Crippen LogP contribution in [0.5, 0.6) is 11.5 Å². The third-order valence-electron chi connectivity index (χ3n) is 3.58. The number of halogens is 2. The SMILES string of the molecule is CC[C@H](C)c1ccc(O)c(N=Cc2cc(Br)cc(Cl)c2O)c1. The highest BCUT2D eigenvalue weighted by Gasteiger charge is 2.08. The Balaban J connectivity index is 2.38. The first kappa shape index (κ1) is 16.8. The van der Waals surface area contributed by atoms with Gasteiger partial charge in [0.25, 0.3) is 0 Å². The van der Waals surface area contributed by atoms with E-state index in [9.17, 15) is 10.2 Å². The van der Waals surface area contributed by atoms with Crippen molar-refractivity contribution in [3.05, 3.63) is 51.0 Å². The number of phenols is 2. The summed E-state index contributed by atoms with van der Waals surface area (Å²) in [6, 6.07) is 8.71. The zero-order chi connectivity index (χ0) is 16.3.